The molecule has 2 heterocycles. The number of fused-ring (bicyclic) bond motifs is 1. The Morgan fingerprint density at radius 3 is 3.15 bits per heavy atom. The highest BCUT2D eigenvalue weighted by Crippen LogP contribution is 2.27. The van der Waals surface area contributed by atoms with Crippen LogP contribution in [0.25, 0.3) is 0 Å². The minimum absolute atomic E-state index is 0.549. The first-order chi connectivity index (χ1) is 6.33. The number of rotatable bonds is 2. The first-order valence-electron chi connectivity index (χ1n) is 5.42. The molecule has 0 aromatic heterocycles. The second kappa shape index (κ2) is 3.81. The Labute approximate surface area is 81.0 Å². The molecule has 0 aromatic carbocycles. The number of piperidine rings is 1. The molecule has 0 radical (unpaired) electrons. The summed E-state index contributed by atoms with van der Waals surface area (Å²) in [6, 6.07) is 1.33. The molecule has 2 saturated heterocycles. The van der Waals surface area contributed by atoms with Crippen molar-refractivity contribution < 1.29 is 0 Å². The maximum Gasteiger partial charge on any atom is 0.0266 e. The first-order valence-corrected chi connectivity index (χ1v) is 5.42. The van der Waals surface area contributed by atoms with Crippen molar-refractivity contribution in [3.63, 3.8) is 0 Å². The van der Waals surface area contributed by atoms with Gasteiger partial charge in [0.05, 0.1) is 0 Å². The second-order valence-electron chi connectivity index (χ2n) is 4.34. The lowest BCUT2D eigenvalue weighted by Gasteiger charge is -2.39. The van der Waals surface area contributed by atoms with Crippen LogP contribution in [0.2, 0.25) is 0 Å². The first kappa shape index (κ1) is 9.22. The van der Waals surface area contributed by atoms with Crippen LogP contribution in [0, 0.1) is 5.92 Å². The summed E-state index contributed by atoms with van der Waals surface area (Å²) in [5.74, 6) is 0.899. The van der Waals surface area contributed by atoms with Crippen molar-refractivity contribution in [3.8, 4) is 0 Å². The molecule has 3 atom stereocenters. The lowest BCUT2D eigenvalue weighted by molar-refractivity contribution is 0.104. The van der Waals surface area contributed by atoms with Crippen molar-refractivity contribution in [3.05, 3.63) is 12.7 Å². The number of nitrogens with zero attached hydrogens (tertiary/aromatic N) is 1. The average molecular weight is 180 g/mol. The number of hydrogen-bond acceptors (Lipinski definition) is 2. The Morgan fingerprint density at radius 1 is 1.54 bits per heavy atom. The van der Waals surface area contributed by atoms with Crippen molar-refractivity contribution in [1.82, 2.24) is 10.2 Å². The average Bonchev–Trinajstić information content (AvgIpc) is 2.63. The number of nitrogens with one attached hydrogen (secondary N) is 1. The van der Waals surface area contributed by atoms with E-state index < -0.39 is 0 Å². The monoisotopic (exact) mass is 180 g/mol. The largest absolute Gasteiger partial charge is 0.315 e. The van der Waals surface area contributed by atoms with Crippen LogP contribution in [0.4, 0.5) is 0 Å². The highest BCUT2D eigenvalue weighted by molar-refractivity contribution is 4.97. The summed E-state index contributed by atoms with van der Waals surface area (Å²) in [6.07, 6.45) is 4.85. The minimum Gasteiger partial charge on any atom is -0.315 e. The van der Waals surface area contributed by atoms with E-state index in [0.29, 0.717) is 6.04 Å². The SMILES string of the molecule is C=CC(C)N1CCCC2CNCC21. The molecule has 0 saturated carbocycles. The van der Waals surface area contributed by atoms with Crippen LogP contribution in [0.3, 0.4) is 0 Å². The highest BCUT2D eigenvalue weighted by atomic mass is 15.2. The van der Waals surface area contributed by atoms with E-state index in [1.165, 1.54) is 32.5 Å². The van der Waals surface area contributed by atoms with Gasteiger partial charge in [-0.2, -0.15) is 0 Å². The molecule has 2 rings (SSSR count). The fourth-order valence-corrected chi connectivity index (χ4v) is 2.74. The maximum absolute atomic E-state index is 3.89. The highest BCUT2D eigenvalue weighted by Gasteiger charge is 2.35. The zero-order chi connectivity index (χ0) is 9.26. The van der Waals surface area contributed by atoms with Gasteiger partial charge in [-0.1, -0.05) is 6.08 Å². The summed E-state index contributed by atoms with van der Waals surface area (Å²) >= 11 is 0. The van der Waals surface area contributed by atoms with E-state index >= 15 is 0 Å². The predicted octanol–water partition coefficient (Wildman–Crippen LogP) is 1.24. The zero-order valence-electron chi connectivity index (χ0n) is 8.50. The van der Waals surface area contributed by atoms with Crippen LogP contribution in [-0.4, -0.2) is 36.6 Å². The summed E-state index contributed by atoms with van der Waals surface area (Å²) in [6.45, 7) is 9.82. The lowest BCUT2D eigenvalue weighted by Crippen LogP contribution is -2.48. The predicted molar refractivity (Wildman–Crippen MR) is 55.7 cm³/mol. The van der Waals surface area contributed by atoms with Gasteiger partial charge in [0, 0.05) is 18.6 Å². The summed E-state index contributed by atoms with van der Waals surface area (Å²) in [7, 11) is 0. The molecule has 13 heavy (non-hydrogen) atoms. The Hall–Kier alpha value is -0.340. The molecule has 2 fully saturated rings. The molecule has 2 nitrogen and oxygen atoms in total. The molecule has 1 N–H and O–H groups in total. The van der Waals surface area contributed by atoms with Crippen LogP contribution in [-0.2, 0) is 0 Å². The molecule has 0 amide bonds. The standard InChI is InChI=1S/C11H20N2/c1-3-9(2)13-6-4-5-10-7-12-8-11(10)13/h3,9-12H,1,4-8H2,2H3. The van der Waals surface area contributed by atoms with Gasteiger partial charge in [-0.25, -0.2) is 0 Å². The Kier molecular flexibility index (Phi) is 2.70. The summed E-state index contributed by atoms with van der Waals surface area (Å²) < 4.78 is 0. The van der Waals surface area contributed by atoms with Crippen LogP contribution < -0.4 is 5.32 Å². The quantitative estimate of drug-likeness (QED) is 0.643. The van der Waals surface area contributed by atoms with Crippen LogP contribution in [0.5, 0.6) is 0 Å². The van der Waals surface area contributed by atoms with Crippen LogP contribution in [0.15, 0.2) is 12.7 Å². The molecule has 2 aliphatic heterocycles. The molecule has 0 spiro atoms. The smallest absolute Gasteiger partial charge is 0.0266 e. The van der Waals surface area contributed by atoms with Crippen LogP contribution >= 0.6 is 0 Å². The second-order valence-corrected chi connectivity index (χ2v) is 4.34. The zero-order valence-corrected chi connectivity index (χ0v) is 8.50. The van der Waals surface area contributed by atoms with Gasteiger partial charge in [0.15, 0.2) is 0 Å². The van der Waals surface area contributed by atoms with Gasteiger partial charge in [0.25, 0.3) is 0 Å². The third kappa shape index (κ3) is 1.65. The Morgan fingerprint density at radius 2 is 2.38 bits per heavy atom. The summed E-state index contributed by atoms with van der Waals surface area (Å²) in [5.41, 5.74) is 0. The van der Waals surface area contributed by atoms with Gasteiger partial charge in [-0.05, 0) is 38.8 Å². The van der Waals surface area contributed by atoms with E-state index in [-0.39, 0.29) is 0 Å². The maximum atomic E-state index is 3.89. The van der Waals surface area contributed by atoms with E-state index in [9.17, 15) is 0 Å². The molecule has 0 aromatic rings. The van der Waals surface area contributed by atoms with E-state index in [2.05, 4.69) is 29.8 Å². The Balaban J connectivity index is 2.05. The molecular weight excluding hydrogens is 160 g/mol. The number of hydrogen-bond donors (Lipinski definition) is 1. The normalized spacial score (nSPS) is 37.0. The molecule has 0 aliphatic carbocycles. The fourth-order valence-electron chi connectivity index (χ4n) is 2.74. The van der Waals surface area contributed by atoms with Crippen molar-refractivity contribution in [2.24, 2.45) is 5.92 Å². The molecule has 2 aliphatic rings. The van der Waals surface area contributed by atoms with Gasteiger partial charge in [0.2, 0.25) is 0 Å². The van der Waals surface area contributed by atoms with Crippen LogP contribution in [0.1, 0.15) is 19.8 Å². The van der Waals surface area contributed by atoms with Gasteiger partial charge in [-0.15, -0.1) is 6.58 Å². The third-order valence-electron chi connectivity index (χ3n) is 3.59. The summed E-state index contributed by atoms with van der Waals surface area (Å²) in [4.78, 5) is 2.61. The molecule has 74 valence electrons. The topological polar surface area (TPSA) is 15.3 Å². The van der Waals surface area contributed by atoms with E-state index in [1.807, 2.05) is 0 Å². The van der Waals surface area contributed by atoms with Crippen molar-refractivity contribution in [2.45, 2.75) is 31.8 Å². The Bertz CT molecular complexity index is 191. The fraction of sp³-hybridized carbons (Fsp3) is 0.818. The van der Waals surface area contributed by atoms with Gasteiger partial charge >= 0.3 is 0 Å². The lowest BCUT2D eigenvalue weighted by atomic mass is 9.91. The molecule has 0 bridgehead atoms. The molecular formula is C11H20N2. The minimum atomic E-state index is 0.549. The third-order valence-corrected chi connectivity index (χ3v) is 3.59. The van der Waals surface area contributed by atoms with E-state index in [0.717, 1.165) is 12.0 Å². The molecule has 3 unspecified atom stereocenters. The molecule has 2 heteroatoms. The summed E-state index contributed by atoms with van der Waals surface area (Å²) in [5, 5.41) is 3.50. The van der Waals surface area contributed by atoms with Gasteiger partial charge in [0.1, 0.15) is 0 Å². The van der Waals surface area contributed by atoms with Gasteiger partial charge < -0.3 is 5.32 Å². The van der Waals surface area contributed by atoms with Gasteiger partial charge in [-0.3, -0.25) is 4.90 Å². The number of likely N-dealkylation sites (tertiary alicyclic amines) is 1. The van der Waals surface area contributed by atoms with Crippen molar-refractivity contribution >= 4 is 0 Å². The van der Waals surface area contributed by atoms with E-state index in [1.54, 1.807) is 0 Å². The van der Waals surface area contributed by atoms with Crippen molar-refractivity contribution in [2.75, 3.05) is 19.6 Å². The van der Waals surface area contributed by atoms with Crippen molar-refractivity contribution in [1.29, 1.82) is 0 Å². The van der Waals surface area contributed by atoms with E-state index in [4.69, 9.17) is 0 Å².